The van der Waals surface area contributed by atoms with Crippen molar-refractivity contribution in [2.75, 3.05) is 6.54 Å². The van der Waals surface area contributed by atoms with Gasteiger partial charge < -0.3 is 5.32 Å². The summed E-state index contributed by atoms with van der Waals surface area (Å²) in [4.78, 5) is 51.3. The van der Waals surface area contributed by atoms with Gasteiger partial charge in [-0.25, -0.2) is 9.69 Å². The second-order valence-electron chi connectivity index (χ2n) is 8.08. The Kier molecular flexibility index (Phi) is 5.84. The Morgan fingerprint density at radius 1 is 0.935 bits per heavy atom. The second-order valence-corrected chi connectivity index (χ2v) is 8.08. The molecule has 1 atom stereocenters. The first kappa shape index (κ1) is 20.8. The zero-order chi connectivity index (χ0) is 22.0. The number of hydrogen-bond donors (Lipinski definition) is 1. The number of carbonyl (C=O) groups is 4. The first-order valence-electron chi connectivity index (χ1n) is 10.6. The van der Waals surface area contributed by atoms with Gasteiger partial charge in [-0.1, -0.05) is 48.5 Å². The van der Waals surface area contributed by atoms with E-state index in [0.717, 1.165) is 28.9 Å². The van der Waals surface area contributed by atoms with Crippen LogP contribution in [0.5, 0.6) is 0 Å². The number of urea groups is 1. The van der Waals surface area contributed by atoms with Crippen molar-refractivity contribution in [3.8, 4) is 0 Å². The summed E-state index contributed by atoms with van der Waals surface area (Å²) >= 11 is 0. The van der Waals surface area contributed by atoms with Crippen LogP contribution in [0.4, 0.5) is 4.79 Å². The van der Waals surface area contributed by atoms with Crippen LogP contribution in [0.15, 0.2) is 48.5 Å². The monoisotopic (exact) mass is 419 g/mol. The van der Waals surface area contributed by atoms with Gasteiger partial charge in [0.1, 0.15) is 6.54 Å². The van der Waals surface area contributed by atoms with Crippen molar-refractivity contribution >= 4 is 23.8 Å². The van der Waals surface area contributed by atoms with E-state index in [4.69, 9.17) is 0 Å². The number of nitrogens with zero attached hydrogens (tertiary/aromatic N) is 2. The smallest absolute Gasteiger partial charge is 0.335 e. The molecule has 5 amide bonds. The predicted molar refractivity (Wildman–Crippen MR) is 114 cm³/mol. The molecule has 7 heteroatoms. The van der Waals surface area contributed by atoms with Gasteiger partial charge in [0, 0.05) is 0 Å². The summed E-state index contributed by atoms with van der Waals surface area (Å²) in [6.45, 7) is 1.38. The molecule has 0 unspecified atom stereocenters. The van der Waals surface area contributed by atoms with Crippen LogP contribution in [0, 0.1) is 0 Å². The van der Waals surface area contributed by atoms with Crippen LogP contribution in [0.25, 0.3) is 0 Å². The summed E-state index contributed by atoms with van der Waals surface area (Å²) in [5.41, 5.74) is 4.38. The van der Waals surface area contributed by atoms with Gasteiger partial charge in [0.05, 0.1) is 12.6 Å². The molecular formula is C24H25N3O4. The zero-order valence-electron chi connectivity index (χ0n) is 17.5. The van der Waals surface area contributed by atoms with Gasteiger partial charge in [0.2, 0.25) is 5.91 Å². The average Bonchev–Trinajstić information content (AvgIpc) is 2.97. The maximum Gasteiger partial charge on any atom is 0.335 e. The van der Waals surface area contributed by atoms with E-state index in [9.17, 15) is 19.2 Å². The third-order valence-corrected chi connectivity index (χ3v) is 5.87. The highest BCUT2D eigenvalue weighted by Gasteiger charge is 2.45. The molecule has 7 nitrogen and oxygen atoms in total. The molecule has 1 heterocycles. The van der Waals surface area contributed by atoms with Crippen molar-refractivity contribution in [1.82, 2.24) is 15.1 Å². The van der Waals surface area contributed by atoms with E-state index in [1.807, 2.05) is 19.1 Å². The molecule has 1 fully saturated rings. The quantitative estimate of drug-likeness (QED) is 0.576. The lowest BCUT2D eigenvalue weighted by atomic mass is 9.89. The minimum atomic E-state index is -0.975. The van der Waals surface area contributed by atoms with Crippen LogP contribution < -0.4 is 5.32 Å². The number of benzene rings is 2. The van der Waals surface area contributed by atoms with Gasteiger partial charge in [0.15, 0.2) is 0 Å². The molecule has 0 aromatic heterocycles. The van der Waals surface area contributed by atoms with Gasteiger partial charge in [0.25, 0.3) is 0 Å². The van der Waals surface area contributed by atoms with Crippen molar-refractivity contribution in [1.29, 1.82) is 0 Å². The Morgan fingerprint density at radius 2 is 1.61 bits per heavy atom. The highest BCUT2D eigenvalue weighted by molar-refractivity contribution is 6.44. The molecule has 1 aliphatic heterocycles. The molecule has 1 aliphatic carbocycles. The van der Waals surface area contributed by atoms with Crippen molar-refractivity contribution in [2.45, 2.75) is 45.2 Å². The van der Waals surface area contributed by atoms with Crippen LogP contribution in [-0.4, -0.2) is 40.1 Å². The van der Waals surface area contributed by atoms with E-state index in [1.54, 1.807) is 24.3 Å². The Bertz CT molecular complexity index is 1030. The fourth-order valence-corrected chi connectivity index (χ4v) is 4.13. The van der Waals surface area contributed by atoms with Crippen LogP contribution in [0.1, 0.15) is 48.1 Å². The van der Waals surface area contributed by atoms with E-state index < -0.39 is 30.3 Å². The second kappa shape index (κ2) is 8.71. The van der Waals surface area contributed by atoms with E-state index in [-0.39, 0.29) is 12.6 Å². The van der Waals surface area contributed by atoms with E-state index in [0.29, 0.717) is 4.90 Å². The summed E-state index contributed by atoms with van der Waals surface area (Å²) < 4.78 is 0. The van der Waals surface area contributed by atoms with Gasteiger partial charge >= 0.3 is 17.8 Å². The predicted octanol–water partition coefficient (Wildman–Crippen LogP) is 2.73. The lowest BCUT2D eigenvalue weighted by Crippen LogP contribution is -2.42. The first-order chi connectivity index (χ1) is 14.9. The first-order valence-corrected chi connectivity index (χ1v) is 10.6. The van der Waals surface area contributed by atoms with Crippen molar-refractivity contribution < 1.29 is 19.2 Å². The molecule has 0 saturated carbocycles. The Balaban J connectivity index is 1.39. The average molecular weight is 419 g/mol. The third kappa shape index (κ3) is 4.35. The summed E-state index contributed by atoms with van der Waals surface area (Å²) in [5, 5.41) is 2.84. The zero-order valence-corrected chi connectivity index (χ0v) is 17.5. The van der Waals surface area contributed by atoms with Gasteiger partial charge in [-0.3, -0.25) is 19.3 Å². The maximum atomic E-state index is 12.6. The normalized spacial score (nSPS) is 17.0. The molecule has 2 aliphatic rings. The minimum absolute atomic E-state index is 0.00606. The van der Waals surface area contributed by atoms with E-state index in [1.165, 1.54) is 24.0 Å². The number of fused-ring (bicyclic) bond motifs is 1. The highest BCUT2D eigenvalue weighted by atomic mass is 16.2. The molecule has 1 N–H and O–H groups in total. The molecular weight excluding hydrogens is 394 g/mol. The van der Waals surface area contributed by atoms with Crippen molar-refractivity contribution in [3.05, 3.63) is 70.8 Å². The number of rotatable bonds is 6. The number of nitrogens with one attached hydrogen (secondary N) is 1. The van der Waals surface area contributed by atoms with Crippen molar-refractivity contribution in [3.63, 3.8) is 0 Å². The maximum absolute atomic E-state index is 12.6. The lowest BCUT2D eigenvalue weighted by Gasteiger charge is -2.21. The molecule has 160 valence electrons. The molecule has 0 radical (unpaired) electrons. The molecule has 31 heavy (non-hydrogen) atoms. The molecule has 0 bridgehead atoms. The van der Waals surface area contributed by atoms with Gasteiger partial charge in [-0.05, 0) is 54.9 Å². The van der Waals surface area contributed by atoms with E-state index >= 15 is 0 Å². The number of aryl methyl sites for hydroxylation is 2. The largest absolute Gasteiger partial charge is 0.348 e. The molecule has 2 aromatic rings. The van der Waals surface area contributed by atoms with Crippen LogP contribution in [0.3, 0.4) is 0 Å². The molecule has 1 saturated heterocycles. The summed E-state index contributed by atoms with van der Waals surface area (Å²) in [6.07, 6.45) is 4.50. The van der Waals surface area contributed by atoms with Crippen LogP contribution in [-0.2, 0) is 33.8 Å². The molecule has 0 spiro atoms. The fraction of sp³-hybridized carbons (Fsp3) is 0.333. The van der Waals surface area contributed by atoms with Crippen molar-refractivity contribution in [2.24, 2.45) is 0 Å². The van der Waals surface area contributed by atoms with Gasteiger partial charge in [-0.2, -0.15) is 0 Å². The van der Waals surface area contributed by atoms with E-state index in [2.05, 4.69) is 17.4 Å². The number of carbonyl (C=O) groups excluding carboxylic acids is 4. The topological polar surface area (TPSA) is 86.8 Å². The Morgan fingerprint density at radius 3 is 2.35 bits per heavy atom. The molecule has 4 rings (SSSR count). The summed E-state index contributed by atoms with van der Waals surface area (Å²) in [7, 11) is 0. The molecule has 2 aromatic carbocycles. The van der Waals surface area contributed by atoms with Gasteiger partial charge in [-0.15, -0.1) is 0 Å². The number of hydrogen-bond acceptors (Lipinski definition) is 4. The third-order valence-electron chi connectivity index (χ3n) is 5.87. The highest BCUT2D eigenvalue weighted by Crippen LogP contribution is 2.25. The SMILES string of the molecule is C[C@H](NC(=O)CN1C(=O)C(=O)N(Cc2ccccc2)C1=O)c1ccc2c(c1)CCCC2. The summed E-state index contributed by atoms with van der Waals surface area (Å²) in [5.74, 6) is -2.37. The number of amides is 5. The van der Waals surface area contributed by atoms with Crippen LogP contribution >= 0.6 is 0 Å². The van der Waals surface area contributed by atoms with Crippen LogP contribution in [0.2, 0.25) is 0 Å². The minimum Gasteiger partial charge on any atom is -0.348 e. The Hall–Kier alpha value is -3.48. The number of imide groups is 2. The Labute approximate surface area is 181 Å². The summed E-state index contributed by atoms with van der Waals surface area (Å²) in [6, 6.07) is 14.1. The fourth-order valence-electron chi connectivity index (χ4n) is 4.13. The standard InChI is InChI=1S/C24H25N3O4/c1-16(19-12-11-18-9-5-6-10-20(18)13-19)25-21(28)15-27-23(30)22(29)26(24(27)31)14-17-7-3-2-4-8-17/h2-4,7-8,11-13,16H,5-6,9-10,14-15H2,1H3,(H,25,28)/t16-/m0/s1. The lowest BCUT2D eigenvalue weighted by molar-refractivity contribution is -0.144.